The van der Waals surface area contributed by atoms with Gasteiger partial charge in [0.1, 0.15) is 5.54 Å². The van der Waals surface area contributed by atoms with Crippen molar-refractivity contribution in [1.82, 2.24) is 10.6 Å². The van der Waals surface area contributed by atoms with Gasteiger partial charge in [-0.15, -0.1) is 0 Å². The van der Waals surface area contributed by atoms with Crippen LogP contribution in [0.4, 0.5) is 0 Å². The van der Waals surface area contributed by atoms with Crippen molar-refractivity contribution >= 4 is 17.8 Å². The van der Waals surface area contributed by atoms with Gasteiger partial charge in [-0.1, -0.05) is 25.8 Å². The minimum Gasteiger partial charge on any atom is -0.480 e. The van der Waals surface area contributed by atoms with E-state index in [-0.39, 0.29) is 5.91 Å². The van der Waals surface area contributed by atoms with Crippen molar-refractivity contribution in [2.24, 2.45) is 0 Å². The minimum atomic E-state index is -1.18. The summed E-state index contributed by atoms with van der Waals surface area (Å²) >= 11 is 0. The first-order chi connectivity index (χ1) is 11.0. The highest BCUT2D eigenvalue weighted by atomic mass is 16.4. The van der Waals surface area contributed by atoms with Crippen LogP contribution in [0.25, 0.3) is 0 Å². The van der Waals surface area contributed by atoms with Crippen LogP contribution in [0.1, 0.15) is 59.7 Å². The normalized spacial score (nSPS) is 15.9. The lowest BCUT2D eigenvalue weighted by atomic mass is 9.97. The summed E-state index contributed by atoms with van der Waals surface area (Å²) < 4.78 is 0. The molecule has 0 radical (unpaired) electrons. The maximum Gasteiger partial charge on any atom is 0.329 e. The molecule has 6 nitrogen and oxygen atoms in total. The van der Waals surface area contributed by atoms with Crippen molar-refractivity contribution in [3.63, 3.8) is 0 Å². The topological polar surface area (TPSA) is 95.5 Å². The monoisotopic (exact) mass is 318 g/mol. The number of carboxylic acid groups (broad SMARTS) is 1. The maximum absolute atomic E-state index is 12.4. The van der Waals surface area contributed by atoms with Gasteiger partial charge in [-0.25, -0.2) is 4.79 Å². The first-order valence-electron chi connectivity index (χ1n) is 7.93. The van der Waals surface area contributed by atoms with Crippen LogP contribution in [0.5, 0.6) is 0 Å². The molecule has 1 aromatic carbocycles. The Hall–Kier alpha value is -2.37. The van der Waals surface area contributed by atoms with Crippen LogP contribution in [0, 0.1) is 0 Å². The number of amides is 2. The Morgan fingerprint density at radius 1 is 1.13 bits per heavy atom. The second-order valence-corrected chi connectivity index (χ2v) is 5.89. The van der Waals surface area contributed by atoms with E-state index in [9.17, 15) is 19.5 Å². The molecule has 2 rings (SSSR count). The molecule has 0 unspecified atom stereocenters. The lowest BCUT2D eigenvalue weighted by molar-refractivity contribution is -0.144. The average molecular weight is 318 g/mol. The van der Waals surface area contributed by atoms with E-state index >= 15 is 0 Å². The highest BCUT2D eigenvalue weighted by molar-refractivity contribution is 6.01. The summed E-state index contributed by atoms with van der Waals surface area (Å²) in [5.74, 6) is -1.70. The molecule has 3 N–H and O–H groups in total. The summed E-state index contributed by atoms with van der Waals surface area (Å²) in [7, 11) is 0. The molecule has 0 bridgehead atoms. The molecule has 0 saturated heterocycles. The van der Waals surface area contributed by atoms with Crippen molar-refractivity contribution in [1.29, 1.82) is 0 Å². The average Bonchev–Trinajstić information content (AvgIpc) is 3.02. The van der Waals surface area contributed by atoms with Gasteiger partial charge in [-0.05, 0) is 37.5 Å². The molecule has 0 atom stereocenters. The van der Waals surface area contributed by atoms with Crippen molar-refractivity contribution < 1.29 is 19.5 Å². The summed E-state index contributed by atoms with van der Waals surface area (Å²) in [6.07, 6.45) is 3.26. The SMILES string of the molecule is CCCNC(=O)c1cccc(C(=O)NC2(C(=O)O)CCCC2)c1. The largest absolute Gasteiger partial charge is 0.480 e. The van der Waals surface area contributed by atoms with Crippen molar-refractivity contribution in [2.45, 2.75) is 44.6 Å². The Morgan fingerprint density at radius 3 is 2.30 bits per heavy atom. The van der Waals surface area contributed by atoms with Crippen LogP contribution in [0.15, 0.2) is 24.3 Å². The number of carbonyl (C=O) groups is 3. The summed E-state index contributed by atoms with van der Waals surface area (Å²) in [6, 6.07) is 6.32. The van der Waals surface area contributed by atoms with Gasteiger partial charge < -0.3 is 15.7 Å². The molecule has 2 amide bonds. The standard InChI is InChI=1S/C17H22N2O4/c1-2-10-18-14(20)12-6-5-7-13(11-12)15(21)19-17(16(22)23)8-3-4-9-17/h5-7,11H,2-4,8-10H2,1H3,(H,18,20)(H,19,21)(H,22,23). The molecule has 124 valence electrons. The fourth-order valence-electron chi connectivity index (χ4n) is 2.80. The number of benzene rings is 1. The van der Waals surface area contributed by atoms with Gasteiger partial charge in [0.2, 0.25) is 0 Å². The van der Waals surface area contributed by atoms with Crippen molar-refractivity contribution in [3.8, 4) is 0 Å². The van der Waals surface area contributed by atoms with Crippen LogP contribution in [-0.2, 0) is 4.79 Å². The number of hydrogen-bond acceptors (Lipinski definition) is 3. The van der Waals surface area contributed by atoms with Crippen molar-refractivity contribution in [2.75, 3.05) is 6.54 Å². The number of aliphatic carboxylic acids is 1. The smallest absolute Gasteiger partial charge is 0.329 e. The Balaban J connectivity index is 2.13. The summed E-state index contributed by atoms with van der Waals surface area (Å²) in [4.78, 5) is 35.9. The van der Waals surface area contributed by atoms with Gasteiger partial charge in [-0.3, -0.25) is 9.59 Å². The molecule has 1 aliphatic rings. The first kappa shape index (κ1) is 17.0. The zero-order valence-corrected chi connectivity index (χ0v) is 13.2. The molecule has 0 aliphatic heterocycles. The molecular formula is C17H22N2O4. The van der Waals surface area contributed by atoms with Crippen LogP contribution in [0.3, 0.4) is 0 Å². The summed E-state index contributed by atoms with van der Waals surface area (Å²) in [5.41, 5.74) is -0.499. The van der Waals surface area contributed by atoms with E-state index in [2.05, 4.69) is 10.6 Å². The van der Waals surface area contributed by atoms with E-state index in [1.807, 2.05) is 6.92 Å². The Kier molecular flexibility index (Phi) is 5.36. The molecule has 1 aliphatic carbocycles. The zero-order chi connectivity index (χ0) is 16.9. The van der Waals surface area contributed by atoms with Gasteiger partial charge >= 0.3 is 5.97 Å². The lowest BCUT2D eigenvalue weighted by Gasteiger charge is -2.25. The summed E-state index contributed by atoms with van der Waals surface area (Å²) in [5, 5.41) is 14.8. The second-order valence-electron chi connectivity index (χ2n) is 5.89. The molecule has 23 heavy (non-hydrogen) atoms. The Labute approximate surface area is 135 Å². The highest BCUT2D eigenvalue weighted by Crippen LogP contribution is 2.30. The number of carbonyl (C=O) groups excluding carboxylic acids is 2. The molecule has 0 heterocycles. The number of rotatable bonds is 6. The zero-order valence-electron chi connectivity index (χ0n) is 13.2. The Morgan fingerprint density at radius 2 is 1.74 bits per heavy atom. The fourth-order valence-corrected chi connectivity index (χ4v) is 2.80. The first-order valence-corrected chi connectivity index (χ1v) is 7.93. The van der Waals surface area contributed by atoms with Crippen LogP contribution in [-0.4, -0.2) is 35.0 Å². The molecule has 1 aromatic rings. The number of nitrogens with one attached hydrogen (secondary N) is 2. The van der Waals surface area contributed by atoms with E-state index < -0.39 is 17.4 Å². The molecular weight excluding hydrogens is 296 g/mol. The number of carboxylic acids is 1. The Bertz CT molecular complexity index is 606. The predicted octanol–water partition coefficient (Wildman–Crippen LogP) is 1.95. The third-order valence-electron chi connectivity index (χ3n) is 4.14. The molecule has 0 aromatic heterocycles. The minimum absolute atomic E-state index is 0.240. The predicted molar refractivity (Wildman–Crippen MR) is 85.4 cm³/mol. The summed E-state index contributed by atoms with van der Waals surface area (Å²) in [6.45, 7) is 2.52. The molecule has 0 spiro atoms. The van der Waals surface area contributed by atoms with E-state index in [4.69, 9.17) is 0 Å². The van der Waals surface area contributed by atoms with Gasteiger partial charge in [0.05, 0.1) is 0 Å². The van der Waals surface area contributed by atoms with Crippen LogP contribution < -0.4 is 10.6 Å². The molecule has 1 saturated carbocycles. The van der Waals surface area contributed by atoms with Gasteiger partial charge in [0.15, 0.2) is 0 Å². The molecule has 6 heteroatoms. The van der Waals surface area contributed by atoms with Crippen LogP contribution in [0.2, 0.25) is 0 Å². The van der Waals surface area contributed by atoms with E-state index in [0.29, 0.717) is 30.5 Å². The quantitative estimate of drug-likeness (QED) is 0.747. The third kappa shape index (κ3) is 3.88. The van der Waals surface area contributed by atoms with Crippen LogP contribution >= 0.6 is 0 Å². The van der Waals surface area contributed by atoms with Crippen molar-refractivity contribution in [3.05, 3.63) is 35.4 Å². The lowest BCUT2D eigenvalue weighted by Crippen LogP contribution is -2.52. The third-order valence-corrected chi connectivity index (χ3v) is 4.14. The maximum atomic E-state index is 12.4. The number of hydrogen-bond donors (Lipinski definition) is 3. The highest BCUT2D eigenvalue weighted by Gasteiger charge is 2.42. The molecule has 1 fully saturated rings. The second kappa shape index (κ2) is 7.26. The van der Waals surface area contributed by atoms with E-state index in [0.717, 1.165) is 19.3 Å². The van der Waals surface area contributed by atoms with E-state index in [1.165, 1.54) is 6.07 Å². The van der Waals surface area contributed by atoms with Gasteiger partial charge in [0, 0.05) is 17.7 Å². The van der Waals surface area contributed by atoms with E-state index in [1.54, 1.807) is 18.2 Å². The fraction of sp³-hybridized carbons (Fsp3) is 0.471. The van der Waals surface area contributed by atoms with Gasteiger partial charge in [0.25, 0.3) is 11.8 Å². The van der Waals surface area contributed by atoms with Gasteiger partial charge in [-0.2, -0.15) is 0 Å².